The lowest BCUT2D eigenvalue weighted by molar-refractivity contribution is -0.138. The molecule has 80 valence electrons. The Morgan fingerprint density at radius 3 is 2.36 bits per heavy atom. The predicted molar refractivity (Wildman–Crippen MR) is 50.4 cm³/mol. The first kappa shape index (κ1) is 12.5. The molecule has 0 saturated heterocycles. The molecule has 0 spiro atoms. The van der Waals surface area contributed by atoms with E-state index in [1.54, 1.807) is 0 Å². The molecule has 0 atom stereocenters. The van der Waals surface area contributed by atoms with E-state index in [-0.39, 0.29) is 5.70 Å². The Morgan fingerprint density at radius 1 is 1.29 bits per heavy atom. The molecule has 0 aliphatic heterocycles. The van der Waals surface area contributed by atoms with E-state index in [1.807, 2.05) is 6.92 Å². The summed E-state index contributed by atoms with van der Waals surface area (Å²) < 4.78 is 8.87. The van der Waals surface area contributed by atoms with Gasteiger partial charge in [0.1, 0.15) is 5.70 Å². The molecule has 0 bridgehead atoms. The average Bonchev–Trinajstić information content (AvgIpc) is 2.22. The van der Waals surface area contributed by atoms with Crippen molar-refractivity contribution in [2.45, 2.75) is 13.3 Å². The van der Waals surface area contributed by atoms with Crippen LogP contribution in [0.4, 0.5) is 0 Å². The first-order chi connectivity index (χ1) is 6.65. The summed E-state index contributed by atoms with van der Waals surface area (Å²) in [6, 6.07) is 0. The third-order valence-corrected chi connectivity index (χ3v) is 1.43. The summed E-state index contributed by atoms with van der Waals surface area (Å²) in [5.41, 5.74) is 0.112. The van der Waals surface area contributed by atoms with Crippen molar-refractivity contribution in [1.82, 2.24) is 5.32 Å². The van der Waals surface area contributed by atoms with Gasteiger partial charge in [-0.25, -0.2) is 9.59 Å². The molecule has 5 heteroatoms. The number of rotatable bonds is 5. The van der Waals surface area contributed by atoms with Gasteiger partial charge in [0.2, 0.25) is 0 Å². The summed E-state index contributed by atoms with van der Waals surface area (Å²) in [6.07, 6.45) is 1.91. The van der Waals surface area contributed by atoms with E-state index in [4.69, 9.17) is 0 Å². The minimum absolute atomic E-state index is 0.112. The van der Waals surface area contributed by atoms with E-state index >= 15 is 0 Å². The van der Waals surface area contributed by atoms with Crippen LogP contribution in [0.25, 0.3) is 0 Å². The number of nitrogens with one attached hydrogen (secondary N) is 1. The second-order valence-corrected chi connectivity index (χ2v) is 2.50. The molecule has 0 saturated carbocycles. The Balaban J connectivity index is 4.45. The van der Waals surface area contributed by atoms with Gasteiger partial charge in [-0.2, -0.15) is 0 Å². The van der Waals surface area contributed by atoms with Crippen LogP contribution in [0.1, 0.15) is 13.3 Å². The zero-order valence-electron chi connectivity index (χ0n) is 8.62. The largest absolute Gasteiger partial charge is 0.466 e. The monoisotopic (exact) mass is 201 g/mol. The summed E-state index contributed by atoms with van der Waals surface area (Å²) in [4.78, 5) is 22.0. The Labute approximate surface area is 83.1 Å². The van der Waals surface area contributed by atoms with Gasteiger partial charge in [0.05, 0.1) is 20.3 Å². The molecule has 0 unspecified atom stereocenters. The topological polar surface area (TPSA) is 64.6 Å². The summed E-state index contributed by atoms with van der Waals surface area (Å²) in [5, 5.41) is 2.77. The van der Waals surface area contributed by atoms with Crippen molar-refractivity contribution in [3.05, 3.63) is 11.8 Å². The number of methoxy groups -OCH3 is 2. The summed E-state index contributed by atoms with van der Waals surface area (Å²) in [6.45, 7) is 2.54. The van der Waals surface area contributed by atoms with Gasteiger partial charge in [-0.05, 0) is 6.42 Å². The van der Waals surface area contributed by atoms with Crippen LogP contribution >= 0.6 is 0 Å². The molecule has 14 heavy (non-hydrogen) atoms. The number of hydrogen-bond acceptors (Lipinski definition) is 5. The van der Waals surface area contributed by atoms with Gasteiger partial charge >= 0.3 is 11.9 Å². The van der Waals surface area contributed by atoms with Gasteiger partial charge in [-0.1, -0.05) is 6.92 Å². The summed E-state index contributed by atoms with van der Waals surface area (Å²) in [7, 11) is 2.49. The maximum atomic E-state index is 11.1. The second-order valence-electron chi connectivity index (χ2n) is 2.50. The molecule has 0 heterocycles. The van der Waals surface area contributed by atoms with Crippen LogP contribution in [0.3, 0.4) is 0 Å². The highest BCUT2D eigenvalue weighted by atomic mass is 16.5. The van der Waals surface area contributed by atoms with Crippen LogP contribution in [0.2, 0.25) is 0 Å². The highest BCUT2D eigenvalue weighted by molar-refractivity contribution is 5.95. The first-order valence-corrected chi connectivity index (χ1v) is 4.27. The number of carbonyl (C=O) groups is 2. The third-order valence-electron chi connectivity index (χ3n) is 1.43. The second kappa shape index (κ2) is 6.94. The summed E-state index contributed by atoms with van der Waals surface area (Å²) in [5.74, 6) is -1.17. The van der Waals surface area contributed by atoms with Gasteiger partial charge in [0.15, 0.2) is 0 Å². The molecule has 0 rings (SSSR count). The standard InChI is InChI=1S/C9H15NO4/c1-4-5-10-7(9(12)14-3)6-8(11)13-2/h6,10H,4-5H2,1-3H3/b7-6-. The Morgan fingerprint density at radius 2 is 1.93 bits per heavy atom. The maximum absolute atomic E-state index is 11.1. The molecular weight excluding hydrogens is 186 g/mol. The zero-order valence-corrected chi connectivity index (χ0v) is 8.62. The number of ether oxygens (including phenoxy) is 2. The van der Waals surface area contributed by atoms with E-state index in [0.717, 1.165) is 12.5 Å². The number of carbonyl (C=O) groups excluding carboxylic acids is 2. The highest BCUT2D eigenvalue weighted by Gasteiger charge is 2.10. The fourth-order valence-electron chi connectivity index (χ4n) is 0.729. The van der Waals surface area contributed by atoms with E-state index in [2.05, 4.69) is 14.8 Å². The van der Waals surface area contributed by atoms with Crippen molar-refractivity contribution in [3.63, 3.8) is 0 Å². The molecule has 0 fully saturated rings. The first-order valence-electron chi connectivity index (χ1n) is 4.27. The molecule has 1 N–H and O–H groups in total. The predicted octanol–water partition coefficient (Wildman–Crippen LogP) is 0.216. The smallest absolute Gasteiger partial charge is 0.354 e. The van der Waals surface area contributed by atoms with Crippen molar-refractivity contribution in [2.24, 2.45) is 0 Å². The quantitative estimate of drug-likeness (QED) is 0.509. The zero-order chi connectivity index (χ0) is 11.0. The molecule has 0 amide bonds. The van der Waals surface area contributed by atoms with Gasteiger partial charge in [0.25, 0.3) is 0 Å². The molecule has 5 nitrogen and oxygen atoms in total. The van der Waals surface area contributed by atoms with Crippen LogP contribution in [-0.2, 0) is 19.1 Å². The van der Waals surface area contributed by atoms with Gasteiger partial charge in [-0.15, -0.1) is 0 Å². The van der Waals surface area contributed by atoms with E-state index in [0.29, 0.717) is 6.54 Å². The molecule has 0 aromatic rings. The minimum atomic E-state index is -0.589. The molecule has 0 aliphatic carbocycles. The SMILES string of the molecule is CCCN/C(=C\C(=O)OC)C(=O)OC. The fourth-order valence-corrected chi connectivity index (χ4v) is 0.729. The van der Waals surface area contributed by atoms with Crippen LogP contribution in [0.15, 0.2) is 11.8 Å². The van der Waals surface area contributed by atoms with E-state index in [9.17, 15) is 9.59 Å². The van der Waals surface area contributed by atoms with Crippen molar-refractivity contribution < 1.29 is 19.1 Å². The Kier molecular flexibility index (Phi) is 6.19. The van der Waals surface area contributed by atoms with Gasteiger partial charge in [0, 0.05) is 6.54 Å². The normalized spacial score (nSPS) is 10.6. The van der Waals surface area contributed by atoms with Crippen molar-refractivity contribution in [1.29, 1.82) is 0 Å². The van der Waals surface area contributed by atoms with Crippen molar-refractivity contribution >= 4 is 11.9 Å². The number of esters is 2. The Bertz CT molecular complexity index is 235. The van der Waals surface area contributed by atoms with E-state index < -0.39 is 11.9 Å². The van der Waals surface area contributed by atoms with Gasteiger partial charge in [-0.3, -0.25) is 0 Å². The lowest BCUT2D eigenvalue weighted by Gasteiger charge is -2.06. The minimum Gasteiger partial charge on any atom is -0.466 e. The Hall–Kier alpha value is -1.52. The lowest BCUT2D eigenvalue weighted by Crippen LogP contribution is -2.23. The van der Waals surface area contributed by atoms with Crippen LogP contribution in [0, 0.1) is 0 Å². The highest BCUT2D eigenvalue weighted by Crippen LogP contribution is 1.94. The molecule has 0 radical (unpaired) electrons. The van der Waals surface area contributed by atoms with Gasteiger partial charge < -0.3 is 14.8 Å². The van der Waals surface area contributed by atoms with Crippen molar-refractivity contribution in [3.8, 4) is 0 Å². The summed E-state index contributed by atoms with van der Waals surface area (Å²) >= 11 is 0. The lowest BCUT2D eigenvalue weighted by atomic mass is 10.3. The third kappa shape index (κ3) is 4.49. The van der Waals surface area contributed by atoms with Crippen molar-refractivity contribution in [2.75, 3.05) is 20.8 Å². The van der Waals surface area contributed by atoms with Crippen LogP contribution < -0.4 is 5.32 Å². The number of hydrogen-bond donors (Lipinski definition) is 1. The molecule has 0 aliphatic rings. The molecular formula is C9H15NO4. The maximum Gasteiger partial charge on any atom is 0.354 e. The van der Waals surface area contributed by atoms with Crippen LogP contribution in [-0.4, -0.2) is 32.7 Å². The van der Waals surface area contributed by atoms with E-state index in [1.165, 1.54) is 14.2 Å². The van der Waals surface area contributed by atoms with Crippen LogP contribution in [0.5, 0.6) is 0 Å². The molecule has 0 aromatic heterocycles. The molecule has 0 aromatic carbocycles. The fraction of sp³-hybridized carbons (Fsp3) is 0.556. The average molecular weight is 201 g/mol.